The number of hydrogen-bond donors (Lipinski definition) is 1. The molecule has 1 unspecified atom stereocenters. The first kappa shape index (κ1) is 20.4. The molecule has 1 aromatic rings. The summed E-state index contributed by atoms with van der Waals surface area (Å²) in [7, 11) is 0. The average molecular weight is 361 g/mol. The van der Waals surface area contributed by atoms with Gasteiger partial charge in [0.15, 0.2) is 0 Å². The highest BCUT2D eigenvalue weighted by atomic mass is 16.6. The molecule has 1 saturated heterocycles. The Hall–Kier alpha value is -1.88. The second kappa shape index (κ2) is 7.78. The molecule has 3 atom stereocenters. The summed E-state index contributed by atoms with van der Waals surface area (Å²) in [6.07, 6.45) is 0.964. The standard InChI is InChI=1S/C21H31NO4/c1-15(16-10-7-6-8-11-16)22-14-21(5,19(25)26-20(2,3)4)17(18(22)24)12-9-13-23/h6-8,10-11,15,17,23H,9,12-14H2,1-5H3/t15-,17?,21-/m1/s1. The van der Waals surface area contributed by atoms with Gasteiger partial charge in [-0.1, -0.05) is 30.3 Å². The third-order valence-electron chi connectivity index (χ3n) is 5.11. The van der Waals surface area contributed by atoms with Gasteiger partial charge in [-0.3, -0.25) is 9.59 Å². The van der Waals surface area contributed by atoms with E-state index in [1.165, 1.54) is 0 Å². The molecule has 144 valence electrons. The molecule has 2 rings (SSSR count). The lowest BCUT2D eigenvalue weighted by Gasteiger charge is -2.31. The molecular formula is C21H31NO4. The largest absolute Gasteiger partial charge is 0.459 e. The topological polar surface area (TPSA) is 66.8 Å². The van der Waals surface area contributed by atoms with E-state index in [9.17, 15) is 14.7 Å². The van der Waals surface area contributed by atoms with Crippen molar-refractivity contribution in [3.05, 3.63) is 35.9 Å². The smallest absolute Gasteiger partial charge is 0.314 e. The highest BCUT2D eigenvalue weighted by Crippen LogP contribution is 2.44. The fourth-order valence-electron chi connectivity index (χ4n) is 3.59. The molecule has 1 aliphatic rings. The SMILES string of the molecule is C[C@H](c1ccccc1)N1C[C@@](C)(C(=O)OC(C)(C)C)C(CCCO)C1=O. The molecule has 1 aromatic carbocycles. The van der Waals surface area contributed by atoms with Gasteiger partial charge >= 0.3 is 5.97 Å². The maximum absolute atomic E-state index is 13.1. The molecular weight excluding hydrogens is 330 g/mol. The summed E-state index contributed by atoms with van der Waals surface area (Å²) in [5, 5.41) is 9.22. The molecule has 5 heteroatoms. The van der Waals surface area contributed by atoms with E-state index in [0.29, 0.717) is 19.4 Å². The molecule has 1 amide bonds. The second-order valence-electron chi connectivity index (χ2n) is 8.39. The number of likely N-dealkylation sites (tertiary alicyclic amines) is 1. The summed E-state index contributed by atoms with van der Waals surface area (Å²) in [5.41, 5.74) is -0.485. The van der Waals surface area contributed by atoms with Gasteiger partial charge in [0.1, 0.15) is 5.60 Å². The Kier molecular flexibility index (Phi) is 6.12. The summed E-state index contributed by atoms with van der Waals surface area (Å²) in [6.45, 7) is 9.62. The van der Waals surface area contributed by atoms with Crippen LogP contribution in [0.1, 0.15) is 59.1 Å². The molecule has 26 heavy (non-hydrogen) atoms. The predicted molar refractivity (Wildman–Crippen MR) is 100 cm³/mol. The Morgan fingerprint density at radius 3 is 2.50 bits per heavy atom. The highest BCUT2D eigenvalue weighted by molar-refractivity contribution is 5.92. The Labute approximate surface area is 156 Å². The van der Waals surface area contributed by atoms with E-state index >= 15 is 0 Å². The van der Waals surface area contributed by atoms with E-state index in [0.717, 1.165) is 5.56 Å². The van der Waals surface area contributed by atoms with Crippen LogP contribution in [0.3, 0.4) is 0 Å². The summed E-state index contributed by atoms with van der Waals surface area (Å²) >= 11 is 0. The van der Waals surface area contributed by atoms with Crippen LogP contribution < -0.4 is 0 Å². The molecule has 0 radical (unpaired) electrons. The van der Waals surface area contributed by atoms with Crippen molar-refractivity contribution in [2.45, 2.75) is 59.1 Å². The molecule has 1 heterocycles. The van der Waals surface area contributed by atoms with E-state index < -0.39 is 16.9 Å². The van der Waals surface area contributed by atoms with E-state index in [1.54, 1.807) is 4.90 Å². The van der Waals surface area contributed by atoms with Crippen LogP contribution in [-0.2, 0) is 14.3 Å². The number of benzene rings is 1. The number of hydrogen-bond acceptors (Lipinski definition) is 4. The van der Waals surface area contributed by atoms with Gasteiger partial charge in [-0.05, 0) is 53.0 Å². The highest BCUT2D eigenvalue weighted by Gasteiger charge is 2.55. The zero-order chi connectivity index (χ0) is 19.5. The first-order valence-corrected chi connectivity index (χ1v) is 9.30. The van der Waals surface area contributed by atoms with Crippen molar-refractivity contribution in [2.24, 2.45) is 11.3 Å². The minimum absolute atomic E-state index is 0.00240. The summed E-state index contributed by atoms with van der Waals surface area (Å²) in [6, 6.07) is 9.69. The van der Waals surface area contributed by atoms with Crippen LogP contribution in [0.25, 0.3) is 0 Å². The van der Waals surface area contributed by atoms with Crippen LogP contribution in [0, 0.1) is 11.3 Å². The second-order valence-corrected chi connectivity index (χ2v) is 8.39. The van der Waals surface area contributed by atoms with Gasteiger partial charge in [0.2, 0.25) is 5.91 Å². The third-order valence-corrected chi connectivity index (χ3v) is 5.11. The molecule has 0 bridgehead atoms. The average Bonchev–Trinajstić information content (AvgIpc) is 2.84. The van der Waals surface area contributed by atoms with Gasteiger partial charge in [-0.25, -0.2) is 0 Å². The van der Waals surface area contributed by atoms with Crippen LogP contribution in [0.4, 0.5) is 0 Å². The molecule has 1 fully saturated rings. The molecule has 0 aromatic heterocycles. The first-order valence-electron chi connectivity index (χ1n) is 9.30. The van der Waals surface area contributed by atoms with Gasteiger partial charge in [0.05, 0.1) is 17.4 Å². The lowest BCUT2D eigenvalue weighted by atomic mass is 9.77. The number of carbonyl (C=O) groups excluding carboxylic acids is 2. The maximum Gasteiger partial charge on any atom is 0.314 e. The summed E-state index contributed by atoms with van der Waals surface area (Å²) < 4.78 is 5.64. The Morgan fingerprint density at radius 1 is 1.35 bits per heavy atom. The van der Waals surface area contributed by atoms with E-state index in [4.69, 9.17) is 4.74 Å². The van der Waals surface area contributed by atoms with Crippen molar-refractivity contribution in [3.63, 3.8) is 0 Å². The molecule has 0 aliphatic carbocycles. The van der Waals surface area contributed by atoms with E-state index in [2.05, 4.69) is 0 Å². The molecule has 1 N–H and O–H groups in total. The van der Waals surface area contributed by atoms with Crippen molar-refractivity contribution in [2.75, 3.05) is 13.2 Å². The zero-order valence-electron chi connectivity index (χ0n) is 16.5. The van der Waals surface area contributed by atoms with Gasteiger partial charge in [0.25, 0.3) is 0 Å². The van der Waals surface area contributed by atoms with Crippen molar-refractivity contribution < 1.29 is 19.4 Å². The number of ether oxygens (including phenoxy) is 1. The number of esters is 1. The van der Waals surface area contributed by atoms with Crippen LogP contribution in [0.5, 0.6) is 0 Å². The van der Waals surface area contributed by atoms with Gasteiger partial charge in [0, 0.05) is 13.2 Å². The Morgan fingerprint density at radius 2 is 1.96 bits per heavy atom. The number of carbonyl (C=O) groups is 2. The van der Waals surface area contributed by atoms with Crippen LogP contribution in [0.2, 0.25) is 0 Å². The minimum atomic E-state index is -0.914. The monoisotopic (exact) mass is 361 g/mol. The van der Waals surface area contributed by atoms with Crippen LogP contribution in [0.15, 0.2) is 30.3 Å². The van der Waals surface area contributed by atoms with Crippen LogP contribution in [-0.4, -0.2) is 40.6 Å². The number of nitrogens with zero attached hydrogens (tertiary/aromatic N) is 1. The first-order chi connectivity index (χ1) is 12.1. The number of rotatable bonds is 6. The van der Waals surface area contributed by atoms with E-state index in [-0.39, 0.29) is 24.5 Å². The summed E-state index contributed by atoms with van der Waals surface area (Å²) in [4.78, 5) is 27.9. The normalized spacial score (nSPS) is 24.6. The van der Waals surface area contributed by atoms with Gasteiger partial charge < -0.3 is 14.7 Å². The molecule has 0 spiro atoms. The quantitative estimate of drug-likeness (QED) is 0.789. The Balaban J connectivity index is 2.31. The van der Waals surface area contributed by atoms with E-state index in [1.807, 2.05) is 65.0 Å². The van der Waals surface area contributed by atoms with Gasteiger partial charge in [-0.15, -0.1) is 0 Å². The van der Waals surface area contributed by atoms with Crippen molar-refractivity contribution >= 4 is 11.9 Å². The minimum Gasteiger partial charge on any atom is -0.459 e. The predicted octanol–water partition coefficient (Wildman–Crippen LogP) is 3.33. The number of aliphatic hydroxyl groups is 1. The molecule has 5 nitrogen and oxygen atoms in total. The van der Waals surface area contributed by atoms with Gasteiger partial charge in [-0.2, -0.15) is 0 Å². The molecule has 0 saturated carbocycles. The number of amides is 1. The van der Waals surface area contributed by atoms with Crippen molar-refractivity contribution in [1.29, 1.82) is 0 Å². The fourth-order valence-corrected chi connectivity index (χ4v) is 3.59. The van der Waals surface area contributed by atoms with Crippen molar-refractivity contribution in [1.82, 2.24) is 4.90 Å². The number of aliphatic hydroxyl groups excluding tert-OH is 1. The maximum atomic E-state index is 13.1. The Bertz CT molecular complexity index is 637. The zero-order valence-corrected chi connectivity index (χ0v) is 16.5. The molecule has 1 aliphatic heterocycles. The lowest BCUT2D eigenvalue weighted by molar-refractivity contribution is -0.169. The lowest BCUT2D eigenvalue weighted by Crippen LogP contribution is -2.41. The summed E-state index contributed by atoms with van der Waals surface area (Å²) in [5.74, 6) is -0.858. The fraction of sp³-hybridized carbons (Fsp3) is 0.619. The van der Waals surface area contributed by atoms with Crippen LogP contribution >= 0.6 is 0 Å². The third kappa shape index (κ3) is 4.26. The van der Waals surface area contributed by atoms with Crippen molar-refractivity contribution in [3.8, 4) is 0 Å².